The van der Waals surface area contributed by atoms with E-state index in [0.717, 1.165) is 21.9 Å². The van der Waals surface area contributed by atoms with Crippen molar-refractivity contribution in [2.24, 2.45) is 0 Å². The number of aryl methyl sites for hydroxylation is 1. The van der Waals surface area contributed by atoms with E-state index in [9.17, 15) is 9.90 Å². The van der Waals surface area contributed by atoms with Crippen molar-refractivity contribution >= 4 is 33.6 Å². The molecule has 0 aliphatic rings. The molecule has 0 spiro atoms. The molecule has 0 saturated heterocycles. The summed E-state index contributed by atoms with van der Waals surface area (Å²) in [4.78, 5) is 15.2. The topological polar surface area (TPSA) is 70.4 Å². The number of fused-ring (bicyclic) bond motifs is 1. The summed E-state index contributed by atoms with van der Waals surface area (Å²) in [7, 11) is 0. The van der Waals surface area contributed by atoms with Gasteiger partial charge < -0.3 is 10.2 Å². The summed E-state index contributed by atoms with van der Waals surface area (Å²) in [5.41, 5.74) is 2.89. The molecule has 0 saturated carbocycles. The van der Waals surface area contributed by atoms with Crippen molar-refractivity contribution in [3.63, 3.8) is 0 Å². The molecule has 22 heavy (non-hydrogen) atoms. The standard InChI is InChI=1S/C17H13NO3S/c1-10-8-11(6-7-15(19)20)16(21)12(9-10)17-18-13-4-2-3-5-14(13)22-17/h2-9,21H,1H3,(H,19,20)/b7-6+. The monoisotopic (exact) mass is 311 g/mol. The average molecular weight is 311 g/mol. The van der Waals surface area contributed by atoms with Crippen molar-refractivity contribution in [1.82, 2.24) is 4.98 Å². The first-order valence-corrected chi connectivity index (χ1v) is 7.47. The number of para-hydroxylation sites is 1. The van der Waals surface area contributed by atoms with E-state index in [1.807, 2.05) is 37.3 Å². The number of rotatable bonds is 3. The molecule has 2 aromatic carbocycles. The van der Waals surface area contributed by atoms with E-state index in [1.165, 1.54) is 17.4 Å². The lowest BCUT2D eigenvalue weighted by atomic mass is 10.0. The Kier molecular flexibility index (Phi) is 3.65. The van der Waals surface area contributed by atoms with Crippen LogP contribution in [0.3, 0.4) is 0 Å². The molecule has 0 unspecified atom stereocenters. The zero-order valence-electron chi connectivity index (χ0n) is 11.8. The molecule has 0 bridgehead atoms. The Morgan fingerprint density at radius 3 is 2.77 bits per heavy atom. The highest BCUT2D eigenvalue weighted by Gasteiger charge is 2.13. The summed E-state index contributed by atoms with van der Waals surface area (Å²) >= 11 is 1.49. The van der Waals surface area contributed by atoms with E-state index in [0.29, 0.717) is 16.1 Å². The molecule has 0 amide bonds. The molecular weight excluding hydrogens is 298 g/mol. The second-order valence-corrected chi connectivity index (χ2v) is 5.94. The van der Waals surface area contributed by atoms with Gasteiger partial charge in [-0.2, -0.15) is 0 Å². The fourth-order valence-electron chi connectivity index (χ4n) is 2.25. The van der Waals surface area contributed by atoms with Gasteiger partial charge in [-0.15, -0.1) is 11.3 Å². The van der Waals surface area contributed by atoms with Crippen molar-refractivity contribution in [2.75, 3.05) is 0 Å². The number of hydrogen-bond acceptors (Lipinski definition) is 4. The largest absolute Gasteiger partial charge is 0.507 e. The number of phenols is 1. The normalized spacial score (nSPS) is 11.3. The molecule has 3 aromatic rings. The van der Waals surface area contributed by atoms with Crippen LogP contribution in [0, 0.1) is 6.92 Å². The van der Waals surface area contributed by atoms with Gasteiger partial charge in [-0.05, 0) is 42.8 Å². The number of carbonyl (C=O) groups is 1. The van der Waals surface area contributed by atoms with Gasteiger partial charge in [0.15, 0.2) is 0 Å². The number of nitrogens with zero attached hydrogens (tertiary/aromatic N) is 1. The number of thiazole rings is 1. The zero-order valence-corrected chi connectivity index (χ0v) is 12.6. The molecule has 4 nitrogen and oxygen atoms in total. The van der Waals surface area contributed by atoms with Gasteiger partial charge in [-0.25, -0.2) is 9.78 Å². The predicted octanol–water partition coefficient (Wildman–Crippen LogP) is 4.08. The second-order valence-electron chi connectivity index (χ2n) is 4.91. The molecule has 0 aliphatic carbocycles. The van der Waals surface area contributed by atoms with Gasteiger partial charge in [0.1, 0.15) is 10.8 Å². The molecule has 5 heteroatoms. The summed E-state index contributed by atoms with van der Waals surface area (Å²) in [6.07, 6.45) is 2.40. The van der Waals surface area contributed by atoms with E-state index in [2.05, 4.69) is 4.98 Å². The summed E-state index contributed by atoms with van der Waals surface area (Å²) < 4.78 is 1.04. The smallest absolute Gasteiger partial charge is 0.328 e. The molecular formula is C17H13NO3S. The SMILES string of the molecule is Cc1cc(/C=C/C(=O)O)c(O)c(-c2nc3ccccc3s2)c1. The maximum atomic E-state index is 10.7. The van der Waals surface area contributed by atoms with Crippen molar-refractivity contribution in [2.45, 2.75) is 6.92 Å². The lowest BCUT2D eigenvalue weighted by Gasteiger charge is -2.07. The van der Waals surface area contributed by atoms with E-state index < -0.39 is 5.97 Å². The molecule has 0 fully saturated rings. The number of carboxylic acids is 1. The van der Waals surface area contributed by atoms with Crippen LogP contribution in [0.5, 0.6) is 5.75 Å². The molecule has 110 valence electrons. The minimum absolute atomic E-state index is 0.0437. The highest BCUT2D eigenvalue weighted by Crippen LogP contribution is 2.38. The van der Waals surface area contributed by atoms with Crippen LogP contribution in [0.2, 0.25) is 0 Å². The number of hydrogen-bond donors (Lipinski definition) is 2. The van der Waals surface area contributed by atoms with Gasteiger partial charge in [0, 0.05) is 11.6 Å². The third-order valence-corrected chi connectivity index (χ3v) is 4.28. The molecule has 0 radical (unpaired) electrons. The Balaban J connectivity index is 2.15. The Labute approximate surface area is 131 Å². The number of carboxylic acid groups (broad SMARTS) is 1. The predicted molar refractivity (Wildman–Crippen MR) is 88.1 cm³/mol. The lowest BCUT2D eigenvalue weighted by Crippen LogP contribution is -1.88. The van der Waals surface area contributed by atoms with Gasteiger partial charge in [0.05, 0.1) is 15.8 Å². The van der Waals surface area contributed by atoms with Crippen LogP contribution in [0.1, 0.15) is 11.1 Å². The summed E-state index contributed by atoms with van der Waals surface area (Å²) in [6, 6.07) is 11.4. The van der Waals surface area contributed by atoms with Gasteiger partial charge in [0.2, 0.25) is 0 Å². The molecule has 1 aromatic heterocycles. The minimum Gasteiger partial charge on any atom is -0.507 e. The van der Waals surface area contributed by atoms with Crippen molar-refractivity contribution in [3.8, 4) is 16.3 Å². The number of benzene rings is 2. The average Bonchev–Trinajstić information content (AvgIpc) is 2.91. The van der Waals surface area contributed by atoms with Gasteiger partial charge in [-0.1, -0.05) is 12.1 Å². The lowest BCUT2D eigenvalue weighted by molar-refractivity contribution is -0.131. The van der Waals surface area contributed by atoms with Crippen LogP contribution in [0.4, 0.5) is 0 Å². The fraction of sp³-hybridized carbons (Fsp3) is 0.0588. The Hall–Kier alpha value is -2.66. The van der Waals surface area contributed by atoms with E-state index in [4.69, 9.17) is 5.11 Å². The van der Waals surface area contributed by atoms with E-state index in [-0.39, 0.29) is 5.75 Å². The summed E-state index contributed by atoms with van der Waals surface area (Å²) in [5.74, 6) is -1.01. The maximum absolute atomic E-state index is 10.7. The van der Waals surface area contributed by atoms with Crippen molar-refractivity contribution in [1.29, 1.82) is 0 Å². The van der Waals surface area contributed by atoms with Crippen LogP contribution in [0.25, 0.3) is 26.9 Å². The number of aromatic nitrogens is 1. The van der Waals surface area contributed by atoms with E-state index in [1.54, 1.807) is 6.07 Å². The Morgan fingerprint density at radius 1 is 1.27 bits per heavy atom. The van der Waals surface area contributed by atoms with Gasteiger partial charge >= 0.3 is 5.97 Å². The maximum Gasteiger partial charge on any atom is 0.328 e. The highest BCUT2D eigenvalue weighted by atomic mass is 32.1. The fourth-order valence-corrected chi connectivity index (χ4v) is 3.23. The van der Waals surface area contributed by atoms with E-state index >= 15 is 0 Å². The van der Waals surface area contributed by atoms with Crippen molar-refractivity contribution < 1.29 is 15.0 Å². The molecule has 2 N–H and O–H groups in total. The summed E-state index contributed by atoms with van der Waals surface area (Å²) in [6.45, 7) is 1.90. The third-order valence-electron chi connectivity index (χ3n) is 3.21. The molecule has 0 atom stereocenters. The summed E-state index contributed by atoms with van der Waals surface area (Å²) in [5, 5.41) is 19.9. The minimum atomic E-state index is -1.05. The van der Waals surface area contributed by atoms with Crippen LogP contribution >= 0.6 is 11.3 Å². The third kappa shape index (κ3) is 2.71. The zero-order chi connectivity index (χ0) is 15.7. The number of phenolic OH excluding ortho intramolecular Hbond substituents is 1. The van der Waals surface area contributed by atoms with Gasteiger partial charge in [0.25, 0.3) is 0 Å². The Morgan fingerprint density at radius 2 is 2.05 bits per heavy atom. The first kappa shape index (κ1) is 14.3. The van der Waals surface area contributed by atoms with Crippen LogP contribution in [-0.4, -0.2) is 21.2 Å². The highest BCUT2D eigenvalue weighted by molar-refractivity contribution is 7.21. The van der Waals surface area contributed by atoms with Crippen LogP contribution in [0.15, 0.2) is 42.5 Å². The Bertz CT molecular complexity index is 863. The van der Waals surface area contributed by atoms with Crippen LogP contribution in [-0.2, 0) is 4.79 Å². The molecule has 3 rings (SSSR count). The van der Waals surface area contributed by atoms with Crippen LogP contribution < -0.4 is 0 Å². The van der Waals surface area contributed by atoms with Gasteiger partial charge in [-0.3, -0.25) is 0 Å². The number of aromatic hydroxyl groups is 1. The second kappa shape index (κ2) is 5.61. The first-order valence-electron chi connectivity index (χ1n) is 6.65. The number of aliphatic carboxylic acids is 1. The molecule has 0 aliphatic heterocycles. The quantitative estimate of drug-likeness (QED) is 0.715. The first-order chi connectivity index (χ1) is 10.5. The van der Waals surface area contributed by atoms with Crippen molar-refractivity contribution in [3.05, 3.63) is 53.6 Å². The molecule has 1 heterocycles.